The monoisotopic (exact) mass is 261 g/mol. The smallest absolute Gasteiger partial charge is 0.223 e. The molecule has 6 nitrogen and oxygen atoms in total. The molecule has 0 bridgehead atoms. The van der Waals surface area contributed by atoms with Gasteiger partial charge in [0.1, 0.15) is 10.6 Å². The number of rotatable bonds is 3. The van der Waals surface area contributed by atoms with Crippen molar-refractivity contribution in [3.05, 3.63) is 29.0 Å². The maximum atomic E-state index is 5.69. The molecule has 0 aliphatic heterocycles. The molecule has 3 aromatic heterocycles. The van der Waals surface area contributed by atoms with Crippen molar-refractivity contribution in [3.63, 3.8) is 0 Å². The van der Waals surface area contributed by atoms with Crippen molar-refractivity contribution in [1.82, 2.24) is 15.1 Å². The van der Waals surface area contributed by atoms with Gasteiger partial charge in [-0.15, -0.1) is 11.3 Å². The number of hydrogen-bond donors (Lipinski definition) is 2. The van der Waals surface area contributed by atoms with E-state index in [9.17, 15) is 0 Å². The molecule has 0 radical (unpaired) electrons. The number of thiophene rings is 1. The van der Waals surface area contributed by atoms with Gasteiger partial charge in [-0.25, -0.2) is 4.98 Å². The molecule has 92 valence electrons. The third-order valence-electron chi connectivity index (χ3n) is 2.45. The van der Waals surface area contributed by atoms with Crippen LogP contribution in [0.15, 0.2) is 22.9 Å². The zero-order valence-electron chi connectivity index (χ0n) is 9.67. The summed E-state index contributed by atoms with van der Waals surface area (Å²) in [6.45, 7) is 2.54. The molecule has 3 N–H and O–H groups in total. The predicted octanol–water partition coefficient (Wildman–Crippen LogP) is 2.18. The van der Waals surface area contributed by atoms with Gasteiger partial charge in [-0.2, -0.15) is 4.98 Å². The van der Waals surface area contributed by atoms with Gasteiger partial charge in [0.05, 0.1) is 18.1 Å². The van der Waals surface area contributed by atoms with E-state index < -0.39 is 0 Å². The highest BCUT2D eigenvalue weighted by atomic mass is 32.1. The average molecular weight is 261 g/mol. The molecule has 18 heavy (non-hydrogen) atoms. The lowest BCUT2D eigenvalue weighted by Crippen LogP contribution is -2.04. The lowest BCUT2D eigenvalue weighted by molar-refractivity contribution is 0.388. The van der Waals surface area contributed by atoms with Gasteiger partial charge in [-0.1, -0.05) is 5.16 Å². The summed E-state index contributed by atoms with van der Waals surface area (Å²) in [4.78, 5) is 10.5. The maximum absolute atomic E-state index is 5.69. The minimum absolute atomic E-state index is 0.268. The minimum atomic E-state index is 0.268. The number of nitrogens with zero attached hydrogens (tertiary/aromatic N) is 3. The van der Waals surface area contributed by atoms with Gasteiger partial charge >= 0.3 is 0 Å². The number of aromatic nitrogens is 3. The van der Waals surface area contributed by atoms with Crippen LogP contribution in [0.3, 0.4) is 0 Å². The number of aryl methyl sites for hydroxylation is 1. The molecule has 0 unspecified atom stereocenters. The van der Waals surface area contributed by atoms with Gasteiger partial charge in [0.2, 0.25) is 5.95 Å². The third-order valence-corrected chi connectivity index (χ3v) is 3.40. The van der Waals surface area contributed by atoms with Crippen molar-refractivity contribution < 1.29 is 4.52 Å². The first-order chi connectivity index (χ1) is 8.72. The van der Waals surface area contributed by atoms with E-state index in [0.717, 1.165) is 21.8 Å². The zero-order chi connectivity index (χ0) is 12.5. The number of hydrogen-bond acceptors (Lipinski definition) is 7. The molecule has 0 atom stereocenters. The van der Waals surface area contributed by atoms with Gasteiger partial charge in [0.15, 0.2) is 5.76 Å². The van der Waals surface area contributed by atoms with Gasteiger partial charge < -0.3 is 15.6 Å². The highest BCUT2D eigenvalue weighted by Crippen LogP contribution is 2.29. The van der Waals surface area contributed by atoms with Crippen LogP contribution in [-0.4, -0.2) is 15.1 Å². The van der Waals surface area contributed by atoms with Crippen LogP contribution in [-0.2, 0) is 6.54 Å². The Balaban J connectivity index is 1.95. The van der Waals surface area contributed by atoms with E-state index in [4.69, 9.17) is 10.3 Å². The Morgan fingerprint density at radius 3 is 3.11 bits per heavy atom. The van der Waals surface area contributed by atoms with Crippen LogP contribution in [0.1, 0.15) is 10.6 Å². The zero-order valence-corrected chi connectivity index (χ0v) is 10.5. The molecule has 0 saturated heterocycles. The van der Waals surface area contributed by atoms with E-state index in [2.05, 4.69) is 20.4 Å². The summed E-state index contributed by atoms with van der Waals surface area (Å²) < 4.78 is 5.02. The molecule has 3 rings (SSSR count). The quantitative estimate of drug-likeness (QED) is 0.751. The summed E-state index contributed by atoms with van der Waals surface area (Å²) >= 11 is 1.60. The first-order valence-electron chi connectivity index (χ1n) is 5.39. The lowest BCUT2D eigenvalue weighted by Gasteiger charge is -2.05. The SMILES string of the molecule is Cc1cc2c(NCc3ccno3)nc(N)nc2s1. The summed E-state index contributed by atoms with van der Waals surface area (Å²) in [5.41, 5.74) is 5.69. The fourth-order valence-corrected chi connectivity index (χ4v) is 2.58. The number of anilines is 2. The van der Waals surface area contributed by atoms with Crippen LogP contribution >= 0.6 is 11.3 Å². The lowest BCUT2D eigenvalue weighted by atomic mass is 10.3. The van der Waals surface area contributed by atoms with Crippen LogP contribution < -0.4 is 11.1 Å². The number of fused-ring (bicyclic) bond motifs is 1. The molecule has 3 aromatic rings. The molecule has 0 aliphatic rings. The van der Waals surface area contributed by atoms with Crippen LogP contribution in [0.5, 0.6) is 0 Å². The third kappa shape index (κ3) is 2.00. The molecule has 0 spiro atoms. The predicted molar refractivity (Wildman–Crippen MR) is 70.4 cm³/mol. The fourth-order valence-electron chi connectivity index (χ4n) is 1.70. The van der Waals surface area contributed by atoms with Crippen LogP contribution in [0, 0.1) is 6.92 Å². The molecule has 7 heteroatoms. The molecule has 3 heterocycles. The number of nitrogens with two attached hydrogens (primary N) is 1. The Bertz CT molecular complexity index is 676. The van der Waals surface area contributed by atoms with Gasteiger partial charge in [-0.05, 0) is 13.0 Å². The van der Waals surface area contributed by atoms with E-state index in [1.807, 2.05) is 13.0 Å². The summed E-state index contributed by atoms with van der Waals surface area (Å²) in [5, 5.41) is 7.81. The van der Waals surface area contributed by atoms with Crippen molar-refractivity contribution >= 4 is 33.3 Å². The molecule has 0 aliphatic carbocycles. The summed E-state index contributed by atoms with van der Waals surface area (Å²) in [7, 11) is 0. The molecule has 0 saturated carbocycles. The Labute approximate surface area is 107 Å². The maximum Gasteiger partial charge on any atom is 0.223 e. The average Bonchev–Trinajstić information content (AvgIpc) is 2.93. The first-order valence-corrected chi connectivity index (χ1v) is 6.21. The second-order valence-electron chi connectivity index (χ2n) is 3.84. The van der Waals surface area contributed by atoms with Gasteiger partial charge in [-0.3, -0.25) is 0 Å². The standard InChI is InChI=1S/C11H11N5OS/c1-6-4-8-9(13-5-7-2-3-14-17-7)15-11(12)16-10(8)18-6/h2-4H,5H2,1H3,(H3,12,13,15,16). The molecule has 0 amide bonds. The number of nitrogens with one attached hydrogen (secondary N) is 1. The topological polar surface area (TPSA) is 89.9 Å². The van der Waals surface area contributed by atoms with E-state index in [1.54, 1.807) is 23.6 Å². The highest BCUT2D eigenvalue weighted by molar-refractivity contribution is 7.18. The van der Waals surface area contributed by atoms with E-state index in [1.165, 1.54) is 4.88 Å². The van der Waals surface area contributed by atoms with E-state index in [-0.39, 0.29) is 5.95 Å². The van der Waals surface area contributed by atoms with Crippen molar-refractivity contribution in [1.29, 1.82) is 0 Å². The van der Waals surface area contributed by atoms with Crippen LogP contribution in [0.4, 0.5) is 11.8 Å². The molecular formula is C11H11N5OS. The molecule has 0 fully saturated rings. The highest BCUT2D eigenvalue weighted by Gasteiger charge is 2.09. The minimum Gasteiger partial charge on any atom is -0.368 e. The second kappa shape index (κ2) is 4.26. The van der Waals surface area contributed by atoms with E-state index in [0.29, 0.717) is 6.54 Å². The Kier molecular flexibility index (Phi) is 2.60. The summed E-state index contributed by atoms with van der Waals surface area (Å²) in [5.74, 6) is 1.73. The largest absolute Gasteiger partial charge is 0.368 e. The van der Waals surface area contributed by atoms with Crippen molar-refractivity contribution in [2.45, 2.75) is 13.5 Å². The number of nitrogen functional groups attached to an aromatic ring is 1. The van der Waals surface area contributed by atoms with Crippen LogP contribution in [0.25, 0.3) is 10.2 Å². The Morgan fingerprint density at radius 1 is 1.44 bits per heavy atom. The van der Waals surface area contributed by atoms with Gasteiger partial charge in [0, 0.05) is 10.9 Å². The summed E-state index contributed by atoms with van der Waals surface area (Å²) in [6.07, 6.45) is 1.61. The van der Waals surface area contributed by atoms with Crippen molar-refractivity contribution in [2.75, 3.05) is 11.1 Å². The second-order valence-corrected chi connectivity index (χ2v) is 5.07. The molecule has 0 aromatic carbocycles. The summed E-state index contributed by atoms with van der Waals surface area (Å²) in [6, 6.07) is 3.84. The normalized spacial score (nSPS) is 10.9. The Hall–Kier alpha value is -2.15. The Morgan fingerprint density at radius 2 is 2.33 bits per heavy atom. The van der Waals surface area contributed by atoms with Crippen LogP contribution in [0.2, 0.25) is 0 Å². The van der Waals surface area contributed by atoms with Crippen molar-refractivity contribution in [2.24, 2.45) is 0 Å². The fraction of sp³-hybridized carbons (Fsp3) is 0.182. The molecular weight excluding hydrogens is 250 g/mol. The first kappa shape index (κ1) is 11.0. The van der Waals surface area contributed by atoms with Gasteiger partial charge in [0.25, 0.3) is 0 Å². The van der Waals surface area contributed by atoms with Crippen molar-refractivity contribution in [3.8, 4) is 0 Å². The van der Waals surface area contributed by atoms with E-state index >= 15 is 0 Å².